The van der Waals surface area contributed by atoms with Gasteiger partial charge in [-0.2, -0.15) is 11.8 Å². The average molecular weight is 254 g/mol. The van der Waals surface area contributed by atoms with Gasteiger partial charge < -0.3 is 9.47 Å². The normalized spacial score (nSPS) is 22.1. The molecule has 0 spiro atoms. The van der Waals surface area contributed by atoms with Gasteiger partial charge in [0.1, 0.15) is 5.75 Å². The molecule has 5 heteroatoms. The highest BCUT2D eigenvalue weighted by Crippen LogP contribution is 2.26. The van der Waals surface area contributed by atoms with Gasteiger partial charge in [0.15, 0.2) is 0 Å². The molecule has 0 aliphatic carbocycles. The summed E-state index contributed by atoms with van der Waals surface area (Å²) < 4.78 is 10.9. The summed E-state index contributed by atoms with van der Waals surface area (Å²) in [7, 11) is 1.66. The van der Waals surface area contributed by atoms with E-state index in [9.17, 15) is 0 Å². The van der Waals surface area contributed by atoms with Crippen molar-refractivity contribution >= 4 is 11.8 Å². The summed E-state index contributed by atoms with van der Waals surface area (Å²) in [4.78, 5) is 0. The molecular weight excluding hydrogens is 236 g/mol. The van der Waals surface area contributed by atoms with Crippen LogP contribution in [0, 0.1) is 0 Å². The summed E-state index contributed by atoms with van der Waals surface area (Å²) in [6, 6.07) is 7.96. The number of benzene rings is 1. The molecule has 0 amide bonds. The van der Waals surface area contributed by atoms with Gasteiger partial charge in [-0.1, -0.05) is 12.1 Å². The van der Waals surface area contributed by atoms with Gasteiger partial charge in [-0.15, -0.1) is 0 Å². The number of methoxy groups -OCH3 is 1. The second-order valence-corrected chi connectivity index (χ2v) is 5.05. The third kappa shape index (κ3) is 3.13. The van der Waals surface area contributed by atoms with Crippen LogP contribution in [0.15, 0.2) is 24.3 Å². The molecule has 0 bridgehead atoms. The fourth-order valence-electron chi connectivity index (χ4n) is 1.93. The zero-order valence-electron chi connectivity index (χ0n) is 9.89. The summed E-state index contributed by atoms with van der Waals surface area (Å²) >= 11 is 1.90. The predicted octanol–water partition coefficient (Wildman–Crippen LogP) is 1.33. The zero-order valence-corrected chi connectivity index (χ0v) is 10.7. The monoisotopic (exact) mass is 254 g/mol. The number of ether oxygens (including phenoxy) is 2. The minimum Gasteiger partial charge on any atom is -0.497 e. The number of nitrogens with one attached hydrogen (secondary N) is 1. The summed E-state index contributed by atoms with van der Waals surface area (Å²) in [5.74, 6) is 8.53. The summed E-state index contributed by atoms with van der Waals surface area (Å²) in [5, 5.41) is 0. The molecule has 1 aliphatic heterocycles. The number of hydrogen-bond acceptors (Lipinski definition) is 5. The highest BCUT2D eigenvalue weighted by Gasteiger charge is 2.25. The molecule has 17 heavy (non-hydrogen) atoms. The van der Waals surface area contributed by atoms with E-state index in [1.165, 1.54) is 0 Å². The average Bonchev–Trinajstić information content (AvgIpc) is 2.42. The van der Waals surface area contributed by atoms with E-state index in [0.29, 0.717) is 0 Å². The Morgan fingerprint density at radius 3 is 2.76 bits per heavy atom. The van der Waals surface area contributed by atoms with Crippen molar-refractivity contribution in [3.63, 3.8) is 0 Å². The molecule has 4 nitrogen and oxygen atoms in total. The molecule has 1 aliphatic rings. The van der Waals surface area contributed by atoms with Gasteiger partial charge in [-0.3, -0.25) is 11.3 Å². The third-order valence-corrected chi connectivity index (χ3v) is 3.89. The van der Waals surface area contributed by atoms with Gasteiger partial charge in [-0.05, 0) is 17.7 Å². The number of hydrazine groups is 1. The van der Waals surface area contributed by atoms with Crippen LogP contribution in [0.5, 0.6) is 5.75 Å². The van der Waals surface area contributed by atoms with Gasteiger partial charge in [0.2, 0.25) is 0 Å². The zero-order chi connectivity index (χ0) is 12.1. The first-order valence-corrected chi connectivity index (χ1v) is 6.80. The van der Waals surface area contributed by atoms with Gasteiger partial charge >= 0.3 is 0 Å². The van der Waals surface area contributed by atoms with Gasteiger partial charge in [-0.25, -0.2) is 0 Å². The van der Waals surface area contributed by atoms with Crippen LogP contribution in [0.2, 0.25) is 0 Å². The molecule has 3 N–H and O–H groups in total. The van der Waals surface area contributed by atoms with Gasteiger partial charge in [0.25, 0.3) is 0 Å². The highest BCUT2D eigenvalue weighted by molar-refractivity contribution is 7.99. The van der Waals surface area contributed by atoms with E-state index in [0.717, 1.165) is 29.4 Å². The fourth-order valence-corrected chi connectivity index (χ4v) is 2.83. The van der Waals surface area contributed by atoms with E-state index in [1.807, 2.05) is 36.0 Å². The van der Waals surface area contributed by atoms with E-state index >= 15 is 0 Å². The van der Waals surface area contributed by atoms with Crippen molar-refractivity contribution in [3.8, 4) is 5.75 Å². The second-order valence-electron chi connectivity index (χ2n) is 3.90. The molecule has 0 radical (unpaired) electrons. The Morgan fingerprint density at radius 1 is 1.47 bits per heavy atom. The SMILES string of the molecule is COc1ccc(C(NN)C2CSCCO2)cc1. The number of hydrogen-bond donors (Lipinski definition) is 2. The first-order valence-electron chi connectivity index (χ1n) is 5.64. The Kier molecular flexibility index (Phi) is 4.67. The van der Waals surface area contributed by atoms with Crippen LogP contribution in [0.3, 0.4) is 0 Å². The first kappa shape index (κ1) is 12.7. The molecule has 94 valence electrons. The van der Waals surface area contributed by atoms with Crippen molar-refractivity contribution < 1.29 is 9.47 Å². The molecule has 1 fully saturated rings. The lowest BCUT2D eigenvalue weighted by atomic mass is 10.0. The van der Waals surface area contributed by atoms with Crippen molar-refractivity contribution in [2.75, 3.05) is 25.2 Å². The van der Waals surface area contributed by atoms with Crippen molar-refractivity contribution in [2.45, 2.75) is 12.1 Å². The lowest BCUT2D eigenvalue weighted by Gasteiger charge is -2.30. The van der Waals surface area contributed by atoms with Crippen LogP contribution in [0.25, 0.3) is 0 Å². The molecule has 2 unspecified atom stereocenters. The maximum atomic E-state index is 5.75. The Balaban J connectivity index is 2.10. The van der Waals surface area contributed by atoms with Crippen LogP contribution >= 0.6 is 11.8 Å². The summed E-state index contributed by atoms with van der Waals surface area (Å²) in [5.41, 5.74) is 3.97. The van der Waals surface area contributed by atoms with E-state index < -0.39 is 0 Å². The van der Waals surface area contributed by atoms with Crippen LogP contribution in [0.4, 0.5) is 0 Å². The lowest BCUT2D eigenvalue weighted by molar-refractivity contribution is 0.0468. The molecule has 2 rings (SSSR count). The first-order chi connectivity index (χ1) is 8.35. The topological polar surface area (TPSA) is 56.5 Å². The van der Waals surface area contributed by atoms with Crippen molar-refractivity contribution in [3.05, 3.63) is 29.8 Å². The van der Waals surface area contributed by atoms with E-state index in [4.69, 9.17) is 15.3 Å². The Bertz CT molecular complexity index is 339. The Labute approximate surface area is 106 Å². The molecule has 1 heterocycles. The van der Waals surface area contributed by atoms with Crippen LogP contribution in [-0.2, 0) is 4.74 Å². The van der Waals surface area contributed by atoms with Crippen LogP contribution < -0.4 is 16.0 Å². The van der Waals surface area contributed by atoms with Crippen molar-refractivity contribution in [1.82, 2.24) is 5.43 Å². The van der Waals surface area contributed by atoms with Crippen molar-refractivity contribution in [2.24, 2.45) is 5.84 Å². The molecule has 1 aromatic carbocycles. The van der Waals surface area contributed by atoms with Crippen molar-refractivity contribution in [1.29, 1.82) is 0 Å². The molecule has 2 atom stereocenters. The number of rotatable bonds is 4. The minimum absolute atomic E-state index is 0.0358. The fraction of sp³-hybridized carbons (Fsp3) is 0.500. The van der Waals surface area contributed by atoms with Gasteiger partial charge in [0.05, 0.1) is 25.9 Å². The van der Waals surface area contributed by atoms with E-state index in [-0.39, 0.29) is 12.1 Å². The minimum atomic E-state index is 0.0358. The van der Waals surface area contributed by atoms with Crippen LogP contribution in [-0.4, -0.2) is 31.3 Å². The van der Waals surface area contributed by atoms with E-state index in [2.05, 4.69) is 5.43 Å². The Hall–Kier alpha value is -0.750. The standard InChI is InChI=1S/C12H18N2O2S/c1-15-10-4-2-9(3-5-10)12(14-13)11-8-17-7-6-16-11/h2-5,11-12,14H,6-8,13H2,1H3. The van der Waals surface area contributed by atoms with Gasteiger partial charge in [0, 0.05) is 11.5 Å². The number of thioether (sulfide) groups is 1. The lowest BCUT2D eigenvalue weighted by Crippen LogP contribution is -2.41. The smallest absolute Gasteiger partial charge is 0.118 e. The second kappa shape index (κ2) is 6.26. The van der Waals surface area contributed by atoms with E-state index in [1.54, 1.807) is 7.11 Å². The molecule has 0 aromatic heterocycles. The molecule has 1 saturated heterocycles. The maximum absolute atomic E-state index is 5.75. The molecular formula is C12H18N2O2S. The summed E-state index contributed by atoms with van der Waals surface area (Å²) in [6.07, 6.45) is 0.132. The number of nitrogens with two attached hydrogens (primary N) is 1. The maximum Gasteiger partial charge on any atom is 0.118 e. The molecule has 1 aromatic rings. The molecule has 0 saturated carbocycles. The summed E-state index contributed by atoms with van der Waals surface area (Å²) in [6.45, 7) is 0.795. The largest absolute Gasteiger partial charge is 0.497 e. The third-order valence-electron chi connectivity index (χ3n) is 2.87. The highest BCUT2D eigenvalue weighted by atomic mass is 32.2. The van der Waals surface area contributed by atoms with Crippen LogP contribution in [0.1, 0.15) is 11.6 Å². The predicted molar refractivity (Wildman–Crippen MR) is 70.1 cm³/mol. The quantitative estimate of drug-likeness (QED) is 0.627. The Morgan fingerprint density at radius 2 is 2.24 bits per heavy atom.